The number of hydrogen-bond acceptors (Lipinski definition) is 3. The average molecular weight is 221 g/mol. The molecule has 3 heteroatoms. The molecule has 1 aliphatic rings. The SMILES string of the molecule is Cc1ccc(C(N)CC2OCCO2)c(C)c1. The van der Waals surface area contributed by atoms with Crippen LogP contribution >= 0.6 is 0 Å². The minimum atomic E-state index is -0.129. The van der Waals surface area contributed by atoms with Crippen molar-refractivity contribution in [3.05, 3.63) is 34.9 Å². The highest BCUT2D eigenvalue weighted by Crippen LogP contribution is 2.23. The molecule has 1 fully saturated rings. The lowest BCUT2D eigenvalue weighted by molar-refractivity contribution is -0.0507. The highest BCUT2D eigenvalue weighted by Gasteiger charge is 2.20. The first-order valence-electron chi connectivity index (χ1n) is 5.73. The van der Waals surface area contributed by atoms with Crippen molar-refractivity contribution in [3.8, 4) is 0 Å². The third-order valence-corrected chi connectivity index (χ3v) is 2.96. The monoisotopic (exact) mass is 221 g/mol. The lowest BCUT2D eigenvalue weighted by atomic mass is 9.97. The van der Waals surface area contributed by atoms with Gasteiger partial charge in [-0.05, 0) is 25.0 Å². The maximum Gasteiger partial charge on any atom is 0.159 e. The quantitative estimate of drug-likeness (QED) is 0.849. The largest absolute Gasteiger partial charge is 0.350 e. The van der Waals surface area contributed by atoms with Crippen LogP contribution in [0.5, 0.6) is 0 Å². The van der Waals surface area contributed by atoms with Crippen LogP contribution in [0.1, 0.15) is 29.2 Å². The van der Waals surface area contributed by atoms with Crippen LogP contribution in [0.4, 0.5) is 0 Å². The molecule has 1 aromatic carbocycles. The Morgan fingerprint density at radius 1 is 1.31 bits per heavy atom. The summed E-state index contributed by atoms with van der Waals surface area (Å²) in [6, 6.07) is 6.35. The number of ether oxygens (including phenoxy) is 2. The van der Waals surface area contributed by atoms with Gasteiger partial charge in [0, 0.05) is 12.5 Å². The Morgan fingerprint density at radius 3 is 2.62 bits per heavy atom. The second-order valence-corrected chi connectivity index (χ2v) is 4.37. The molecule has 0 spiro atoms. The van der Waals surface area contributed by atoms with Gasteiger partial charge in [0.1, 0.15) is 0 Å². The molecule has 16 heavy (non-hydrogen) atoms. The van der Waals surface area contributed by atoms with E-state index in [1.54, 1.807) is 0 Å². The van der Waals surface area contributed by atoms with Crippen LogP contribution < -0.4 is 5.73 Å². The van der Waals surface area contributed by atoms with E-state index in [2.05, 4.69) is 32.0 Å². The van der Waals surface area contributed by atoms with E-state index in [4.69, 9.17) is 15.2 Å². The van der Waals surface area contributed by atoms with Crippen molar-refractivity contribution in [3.63, 3.8) is 0 Å². The van der Waals surface area contributed by atoms with Crippen LogP contribution in [0.2, 0.25) is 0 Å². The molecule has 1 saturated heterocycles. The fourth-order valence-corrected chi connectivity index (χ4v) is 2.12. The molecule has 1 heterocycles. The van der Waals surface area contributed by atoms with Crippen LogP contribution in [-0.2, 0) is 9.47 Å². The smallest absolute Gasteiger partial charge is 0.159 e. The van der Waals surface area contributed by atoms with Crippen LogP contribution in [0, 0.1) is 13.8 Å². The highest BCUT2D eigenvalue weighted by atomic mass is 16.7. The third kappa shape index (κ3) is 2.61. The minimum Gasteiger partial charge on any atom is -0.350 e. The predicted molar refractivity (Wildman–Crippen MR) is 63.2 cm³/mol. The molecule has 1 atom stereocenters. The van der Waals surface area contributed by atoms with Gasteiger partial charge in [-0.15, -0.1) is 0 Å². The molecule has 0 radical (unpaired) electrons. The van der Waals surface area contributed by atoms with Crippen LogP contribution in [-0.4, -0.2) is 19.5 Å². The first-order valence-corrected chi connectivity index (χ1v) is 5.73. The van der Waals surface area contributed by atoms with Crippen molar-refractivity contribution in [2.24, 2.45) is 5.73 Å². The number of benzene rings is 1. The van der Waals surface area contributed by atoms with Crippen LogP contribution in [0.25, 0.3) is 0 Å². The van der Waals surface area contributed by atoms with E-state index >= 15 is 0 Å². The van der Waals surface area contributed by atoms with E-state index in [-0.39, 0.29) is 12.3 Å². The Hall–Kier alpha value is -0.900. The maximum absolute atomic E-state index is 6.17. The first-order chi connectivity index (χ1) is 7.66. The van der Waals surface area contributed by atoms with Crippen molar-refractivity contribution in [1.82, 2.24) is 0 Å². The summed E-state index contributed by atoms with van der Waals surface area (Å²) in [4.78, 5) is 0. The van der Waals surface area contributed by atoms with Gasteiger partial charge in [-0.3, -0.25) is 0 Å². The molecule has 0 aliphatic carbocycles. The Kier molecular flexibility index (Phi) is 3.59. The fraction of sp³-hybridized carbons (Fsp3) is 0.538. The molecule has 0 bridgehead atoms. The Morgan fingerprint density at radius 2 is 2.00 bits per heavy atom. The lowest BCUT2D eigenvalue weighted by Gasteiger charge is -2.18. The van der Waals surface area contributed by atoms with Crippen molar-refractivity contribution in [2.45, 2.75) is 32.6 Å². The van der Waals surface area contributed by atoms with E-state index in [9.17, 15) is 0 Å². The number of aryl methyl sites for hydroxylation is 2. The third-order valence-electron chi connectivity index (χ3n) is 2.96. The average Bonchev–Trinajstić information content (AvgIpc) is 2.70. The van der Waals surface area contributed by atoms with Crippen molar-refractivity contribution >= 4 is 0 Å². The molecule has 1 aliphatic heterocycles. The zero-order valence-electron chi connectivity index (χ0n) is 9.90. The number of rotatable bonds is 3. The second kappa shape index (κ2) is 4.95. The van der Waals surface area contributed by atoms with Crippen LogP contribution in [0.15, 0.2) is 18.2 Å². The molecular formula is C13H19NO2. The lowest BCUT2D eigenvalue weighted by Crippen LogP contribution is -2.20. The molecule has 2 rings (SSSR count). The molecular weight excluding hydrogens is 202 g/mol. The van der Waals surface area contributed by atoms with Gasteiger partial charge in [-0.1, -0.05) is 23.8 Å². The standard InChI is InChI=1S/C13H19NO2/c1-9-3-4-11(10(2)7-9)12(14)8-13-15-5-6-16-13/h3-4,7,12-13H,5-6,8,14H2,1-2H3. The number of nitrogens with two attached hydrogens (primary N) is 1. The van der Waals surface area contributed by atoms with E-state index in [1.807, 2.05) is 0 Å². The van der Waals surface area contributed by atoms with Gasteiger partial charge >= 0.3 is 0 Å². The summed E-state index contributed by atoms with van der Waals surface area (Å²) in [6.45, 7) is 5.55. The molecule has 0 aromatic heterocycles. The second-order valence-electron chi connectivity index (χ2n) is 4.37. The van der Waals surface area contributed by atoms with Crippen molar-refractivity contribution in [1.29, 1.82) is 0 Å². The summed E-state index contributed by atoms with van der Waals surface area (Å²) in [7, 11) is 0. The predicted octanol–water partition coefficient (Wildman–Crippen LogP) is 2.07. The molecule has 2 N–H and O–H groups in total. The maximum atomic E-state index is 6.17. The fourth-order valence-electron chi connectivity index (χ4n) is 2.12. The summed E-state index contributed by atoms with van der Waals surface area (Å²) in [5, 5.41) is 0. The van der Waals surface area contributed by atoms with Gasteiger partial charge in [0.05, 0.1) is 13.2 Å². The molecule has 3 nitrogen and oxygen atoms in total. The van der Waals surface area contributed by atoms with Crippen molar-refractivity contribution < 1.29 is 9.47 Å². The van der Waals surface area contributed by atoms with E-state index in [1.165, 1.54) is 16.7 Å². The number of hydrogen-bond donors (Lipinski definition) is 1. The summed E-state index contributed by atoms with van der Waals surface area (Å²) < 4.78 is 10.8. The van der Waals surface area contributed by atoms with Gasteiger partial charge < -0.3 is 15.2 Å². The van der Waals surface area contributed by atoms with Gasteiger partial charge in [-0.25, -0.2) is 0 Å². The zero-order valence-corrected chi connectivity index (χ0v) is 9.90. The zero-order chi connectivity index (χ0) is 11.5. The van der Waals surface area contributed by atoms with E-state index in [0.717, 1.165) is 6.42 Å². The Labute approximate surface area is 96.5 Å². The summed E-state index contributed by atoms with van der Waals surface area (Å²) in [5.74, 6) is 0. The van der Waals surface area contributed by atoms with Gasteiger partial charge in [-0.2, -0.15) is 0 Å². The minimum absolute atomic E-state index is 0.0105. The topological polar surface area (TPSA) is 44.5 Å². The summed E-state index contributed by atoms with van der Waals surface area (Å²) >= 11 is 0. The Bertz CT molecular complexity index is 359. The normalized spacial score (nSPS) is 18.9. The molecule has 1 unspecified atom stereocenters. The Balaban J connectivity index is 2.04. The van der Waals surface area contributed by atoms with Crippen molar-refractivity contribution in [2.75, 3.05) is 13.2 Å². The summed E-state index contributed by atoms with van der Waals surface area (Å²) in [5.41, 5.74) is 9.86. The molecule has 0 amide bonds. The summed E-state index contributed by atoms with van der Waals surface area (Å²) in [6.07, 6.45) is 0.597. The first kappa shape index (κ1) is 11.6. The molecule has 1 aromatic rings. The van der Waals surface area contributed by atoms with E-state index < -0.39 is 0 Å². The molecule has 88 valence electrons. The van der Waals surface area contributed by atoms with Gasteiger partial charge in [0.15, 0.2) is 6.29 Å². The highest BCUT2D eigenvalue weighted by molar-refractivity contribution is 5.32. The molecule has 0 saturated carbocycles. The van der Waals surface area contributed by atoms with Gasteiger partial charge in [0.25, 0.3) is 0 Å². The van der Waals surface area contributed by atoms with Crippen LogP contribution in [0.3, 0.4) is 0 Å². The van der Waals surface area contributed by atoms with E-state index in [0.29, 0.717) is 13.2 Å². The van der Waals surface area contributed by atoms with Gasteiger partial charge in [0.2, 0.25) is 0 Å².